The smallest absolute Gasteiger partial charge is 0.249 e. The van der Waals surface area contributed by atoms with E-state index < -0.39 is 15.9 Å². The molecule has 2 rings (SSSR count). The Hall–Kier alpha value is -1.44. The largest absolute Gasteiger partial charge is 0.366 e. The normalized spacial score (nSPS) is 17.5. The number of rotatable bonds is 5. The molecule has 3 N–H and O–H groups in total. The minimum Gasteiger partial charge on any atom is -0.366 e. The van der Waals surface area contributed by atoms with Crippen LogP contribution in [0.5, 0.6) is 0 Å². The third-order valence-corrected chi connectivity index (χ3v) is 6.07. The Morgan fingerprint density at radius 2 is 2.00 bits per heavy atom. The van der Waals surface area contributed by atoms with E-state index in [0.717, 1.165) is 19.4 Å². The molecule has 6 nitrogen and oxygen atoms in total. The van der Waals surface area contributed by atoms with E-state index in [0.29, 0.717) is 24.6 Å². The molecule has 1 amide bonds. The van der Waals surface area contributed by atoms with Gasteiger partial charge < -0.3 is 11.1 Å². The first-order chi connectivity index (χ1) is 10.4. The number of carbonyl (C=O) groups excluding carboxylic acids is 1. The number of piperidine rings is 1. The summed E-state index contributed by atoms with van der Waals surface area (Å²) in [5, 5.41) is 3.13. The molecule has 0 spiro atoms. The fourth-order valence-electron chi connectivity index (χ4n) is 2.82. The average Bonchev–Trinajstić information content (AvgIpc) is 2.48. The number of carbonyl (C=O) groups is 1. The van der Waals surface area contributed by atoms with Crippen molar-refractivity contribution >= 4 is 15.9 Å². The van der Waals surface area contributed by atoms with Crippen LogP contribution in [-0.2, 0) is 10.0 Å². The van der Waals surface area contributed by atoms with Crippen molar-refractivity contribution in [3.63, 3.8) is 0 Å². The van der Waals surface area contributed by atoms with Gasteiger partial charge >= 0.3 is 0 Å². The molecular weight excluding hydrogens is 302 g/mol. The van der Waals surface area contributed by atoms with E-state index in [1.807, 2.05) is 7.05 Å². The van der Waals surface area contributed by atoms with Gasteiger partial charge in [0, 0.05) is 18.7 Å². The first-order valence-electron chi connectivity index (χ1n) is 7.41. The van der Waals surface area contributed by atoms with E-state index in [1.54, 1.807) is 13.0 Å². The van der Waals surface area contributed by atoms with E-state index in [9.17, 15) is 13.2 Å². The lowest BCUT2D eigenvalue weighted by molar-refractivity contribution is 0.0999. The van der Waals surface area contributed by atoms with E-state index >= 15 is 0 Å². The maximum atomic E-state index is 12.7. The number of amides is 1. The summed E-state index contributed by atoms with van der Waals surface area (Å²) in [5.74, 6) is -0.0991. The van der Waals surface area contributed by atoms with Crippen molar-refractivity contribution in [3.05, 3.63) is 29.3 Å². The first kappa shape index (κ1) is 16.9. The molecule has 1 fully saturated rings. The number of hydrogen-bond acceptors (Lipinski definition) is 4. The lowest BCUT2D eigenvalue weighted by atomic mass is 9.98. The Balaban J connectivity index is 2.21. The summed E-state index contributed by atoms with van der Waals surface area (Å²) < 4.78 is 26.9. The van der Waals surface area contributed by atoms with Crippen molar-refractivity contribution in [2.24, 2.45) is 11.7 Å². The van der Waals surface area contributed by atoms with Crippen LogP contribution in [0.1, 0.15) is 28.8 Å². The molecule has 122 valence electrons. The molecule has 1 aliphatic rings. The highest BCUT2D eigenvalue weighted by Gasteiger charge is 2.29. The third kappa shape index (κ3) is 3.48. The SMILES string of the molecule is CNCC1CCN(S(=O)(=O)c2ccc(C)c(C(N)=O)c2)CC1. The maximum Gasteiger partial charge on any atom is 0.249 e. The van der Waals surface area contributed by atoms with Gasteiger partial charge in [0.1, 0.15) is 0 Å². The molecule has 1 saturated heterocycles. The number of benzene rings is 1. The second kappa shape index (κ2) is 6.76. The number of primary amides is 1. The predicted molar refractivity (Wildman–Crippen MR) is 85.1 cm³/mol. The second-order valence-corrected chi connectivity index (χ2v) is 7.68. The number of nitrogens with two attached hydrogens (primary N) is 1. The second-order valence-electron chi connectivity index (χ2n) is 5.75. The Bertz CT molecular complexity index is 650. The van der Waals surface area contributed by atoms with E-state index in [1.165, 1.54) is 16.4 Å². The number of hydrogen-bond donors (Lipinski definition) is 2. The zero-order chi connectivity index (χ0) is 16.3. The number of sulfonamides is 1. The molecule has 22 heavy (non-hydrogen) atoms. The van der Waals surface area contributed by atoms with E-state index in [4.69, 9.17) is 5.73 Å². The summed E-state index contributed by atoms with van der Waals surface area (Å²) in [5.41, 5.74) is 6.24. The summed E-state index contributed by atoms with van der Waals surface area (Å²) in [6.45, 7) is 3.66. The van der Waals surface area contributed by atoms with Crippen LogP contribution in [0.2, 0.25) is 0 Å². The number of nitrogens with zero attached hydrogens (tertiary/aromatic N) is 1. The maximum absolute atomic E-state index is 12.7. The average molecular weight is 325 g/mol. The van der Waals surface area contributed by atoms with Gasteiger partial charge in [-0.15, -0.1) is 0 Å². The van der Waals surface area contributed by atoms with E-state index in [-0.39, 0.29) is 10.5 Å². The van der Waals surface area contributed by atoms with Crippen molar-refractivity contribution in [2.45, 2.75) is 24.7 Å². The topological polar surface area (TPSA) is 92.5 Å². The number of aryl methyl sites for hydroxylation is 1. The van der Waals surface area contributed by atoms with Gasteiger partial charge in [0.25, 0.3) is 0 Å². The molecule has 1 aliphatic heterocycles. The molecule has 0 radical (unpaired) electrons. The summed E-state index contributed by atoms with van der Waals surface area (Å²) in [7, 11) is -1.66. The van der Waals surface area contributed by atoms with Crippen molar-refractivity contribution in [1.29, 1.82) is 0 Å². The summed E-state index contributed by atoms with van der Waals surface area (Å²) in [6.07, 6.45) is 1.68. The minimum atomic E-state index is -3.57. The molecule has 0 aliphatic carbocycles. The molecule has 0 aromatic heterocycles. The Morgan fingerprint density at radius 1 is 1.36 bits per heavy atom. The predicted octanol–water partition coefficient (Wildman–Crippen LogP) is 0.714. The van der Waals surface area contributed by atoms with E-state index in [2.05, 4.69) is 5.32 Å². The highest BCUT2D eigenvalue weighted by molar-refractivity contribution is 7.89. The van der Waals surface area contributed by atoms with Gasteiger partial charge in [0.05, 0.1) is 4.90 Å². The van der Waals surface area contributed by atoms with Crippen LogP contribution in [0, 0.1) is 12.8 Å². The molecule has 7 heteroatoms. The fourth-order valence-corrected chi connectivity index (χ4v) is 4.31. The van der Waals surface area contributed by atoms with Crippen LogP contribution >= 0.6 is 0 Å². The molecule has 0 atom stereocenters. The van der Waals surface area contributed by atoms with Gasteiger partial charge in [-0.2, -0.15) is 4.31 Å². The van der Waals surface area contributed by atoms with Gasteiger partial charge in [-0.05, 0) is 57.0 Å². The Kier molecular flexibility index (Phi) is 5.20. The van der Waals surface area contributed by atoms with Gasteiger partial charge in [-0.25, -0.2) is 8.42 Å². The van der Waals surface area contributed by atoms with Crippen LogP contribution < -0.4 is 11.1 Å². The van der Waals surface area contributed by atoms with Crippen LogP contribution in [0.25, 0.3) is 0 Å². The van der Waals surface area contributed by atoms with Crippen LogP contribution in [0.4, 0.5) is 0 Å². The number of nitrogens with one attached hydrogen (secondary N) is 1. The lowest BCUT2D eigenvalue weighted by Gasteiger charge is -2.31. The van der Waals surface area contributed by atoms with Crippen molar-refractivity contribution in [2.75, 3.05) is 26.7 Å². The van der Waals surface area contributed by atoms with Gasteiger partial charge in [-0.3, -0.25) is 4.79 Å². The monoisotopic (exact) mass is 325 g/mol. The van der Waals surface area contributed by atoms with Crippen molar-refractivity contribution in [1.82, 2.24) is 9.62 Å². The highest BCUT2D eigenvalue weighted by Crippen LogP contribution is 2.24. The molecule has 1 aromatic rings. The highest BCUT2D eigenvalue weighted by atomic mass is 32.2. The quantitative estimate of drug-likeness (QED) is 0.834. The molecule has 0 unspecified atom stereocenters. The van der Waals surface area contributed by atoms with Gasteiger partial charge in [0.15, 0.2) is 0 Å². The standard InChI is InChI=1S/C15H23N3O3S/c1-11-3-4-13(9-14(11)15(16)19)22(20,21)18-7-5-12(6-8-18)10-17-2/h3-4,9,12,17H,5-8,10H2,1-2H3,(H2,16,19). The van der Waals surface area contributed by atoms with Crippen LogP contribution in [0.3, 0.4) is 0 Å². The molecule has 1 heterocycles. The van der Waals surface area contributed by atoms with Crippen molar-refractivity contribution < 1.29 is 13.2 Å². The fraction of sp³-hybridized carbons (Fsp3) is 0.533. The summed E-state index contributed by atoms with van der Waals surface area (Å²) in [6, 6.07) is 4.55. The first-order valence-corrected chi connectivity index (χ1v) is 8.85. The van der Waals surface area contributed by atoms with Gasteiger partial charge in [0.2, 0.25) is 15.9 Å². The zero-order valence-electron chi connectivity index (χ0n) is 13.0. The molecule has 0 bridgehead atoms. The van der Waals surface area contributed by atoms with Crippen molar-refractivity contribution in [3.8, 4) is 0 Å². The summed E-state index contributed by atoms with van der Waals surface area (Å²) in [4.78, 5) is 11.5. The third-order valence-electron chi connectivity index (χ3n) is 4.18. The van der Waals surface area contributed by atoms with Gasteiger partial charge in [-0.1, -0.05) is 6.07 Å². The van der Waals surface area contributed by atoms with Crippen LogP contribution in [0.15, 0.2) is 23.1 Å². The van der Waals surface area contributed by atoms with Crippen LogP contribution in [-0.4, -0.2) is 45.3 Å². The Labute approximate surface area is 131 Å². The molecule has 1 aromatic carbocycles. The molecular formula is C15H23N3O3S. The zero-order valence-corrected chi connectivity index (χ0v) is 13.8. The Morgan fingerprint density at radius 3 is 2.55 bits per heavy atom. The minimum absolute atomic E-state index is 0.138. The summed E-state index contributed by atoms with van der Waals surface area (Å²) >= 11 is 0. The lowest BCUT2D eigenvalue weighted by Crippen LogP contribution is -2.40. The molecule has 0 saturated carbocycles.